The lowest BCUT2D eigenvalue weighted by Crippen LogP contribution is -2.01. The molecule has 0 heterocycles. The predicted molar refractivity (Wildman–Crippen MR) is 86.8 cm³/mol. The molecule has 0 amide bonds. The molecule has 0 aromatic heterocycles. The van der Waals surface area contributed by atoms with Crippen LogP contribution in [0.3, 0.4) is 0 Å². The van der Waals surface area contributed by atoms with E-state index in [2.05, 4.69) is 11.4 Å². The molecule has 3 heteroatoms. The van der Waals surface area contributed by atoms with Crippen molar-refractivity contribution in [3.05, 3.63) is 71.8 Å². The van der Waals surface area contributed by atoms with Crippen molar-refractivity contribution in [3.8, 4) is 6.07 Å². The fourth-order valence-electron chi connectivity index (χ4n) is 2.45. The Morgan fingerprint density at radius 1 is 0.952 bits per heavy atom. The van der Waals surface area contributed by atoms with Gasteiger partial charge in [0.05, 0.1) is 11.6 Å². The van der Waals surface area contributed by atoms with E-state index in [9.17, 15) is 5.26 Å². The van der Waals surface area contributed by atoms with E-state index >= 15 is 0 Å². The summed E-state index contributed by atoms with van der Waals surface area (Å²) in [6, 6.07) is 21.8. The van der Waals surface area contributed by atoms with Crippen molar-refractivity contribution in [1.29, 1.82) is 5.26 Å². The van der Waals surface area contributed by atoms with Gasteiger partial charge < -0.3 is 11.1 Å². The number of nitrogens with two attached hydrogens (primary N) is 1. The molecule has 0 unspecified atom stereocenters. The zero-order valence-corrected chi connectivity index (χ0v) is 11.5. The number of rotatable bonds is 3. The molecule has 0 fully saturated rings. The zero-order chi connectivity index (χ0) is 14.7. The van der Waals surface area contributed by atoms with E-state index in [0.717, 1.165) is 27.7 Å². The summed E-state index contributed by atoms with van der Waals surface area (Å²) in [6.45, 7) is 0.695. The Bertz CT molecular complexity index is 831. The highest BCUT2D eigenvalue weighted by Crippen LogP contribution is 2.26. The molecule has 0 spiro atoms. The van der Waals surface area contributed by atoms with Gasteiger partial charge in [-0.2, -0.15) is 5.26 Å². The summed E-state index contributed by atoms with van der Waals surface area (Å²) in [5.41, 5.74) is 9.40. The number of nitrogen functional groups attached to an aromatic ring is 1. The highest BCUT2D eigenvalue weighted by Gasteiger charge is 2.05. The van der Waals surface area contributed by atoms with Crippen molar-refractivity contribution < 1.29 is 0 Å². The second kappa shape index (κ2) is 5.56. The molecule has 0 saturated heterocycles. The number of hydrogen-bond donors (Lipinski definition) is 2. The summed E-state index contributed by atoms with van der Waals surface area (Å²) in [5.74, 6) is 0. The van der Waals surface area contributed by atoms with Crippen LogP contribution in [0, 0.1) is 11.3 Å². The van der Waals surface area contributed by atoms with Gasteiger partial charge in [-0.15, -0.1) is 0 Å². The van der Waals surface area contributed by atoms with Crippen LogP contribution < -0.4 is 11.1 Å². The number of benzene rings is 3. The molecule has 3 aromatic rings. The number of hydrogen-bond acceptors (Lipinski definition) is 3. The Morgan fingerprint density at radius 2 is 1.76 bits per heavy atom. The van der Waals surface area contributed by atoms with E-state index < -0.39 is 0 Å². The van der Waals surface area contributed by atoms with Crippen molar-refractivity contribution in [1.82, 2.24) is 0 Å². The van der Waals surface area contributed by atoms with E-state index in [1.807, 2.05) is 60.7 Å². The van der Waals surface area contributed by atoms with Crippen molar-refractivity contribution in [3.63, 3.8) is 0 Å². The normalized spacial score (nSPS) is 10.2. The monoisotopic (exact) mass is 273 g/mol. The summed E-state index contributed by atoms with van der Waals surface area (Å²) in [4.78, 5) is 0. The molecular weight excluding hydrogens is 258 g/mol. The number of nitrogens with zero attached hydrogens (tertiary/aromatic N) is 1. The summed E-state index contributed by atoms with van der Waals surface area (Å²) >= 11 is 0. The molecule has 0 saturated carbocycles. The first-order chi connectivity index (χ1) is 10.3. The molecule has 0 bridgehead atoms. The van der Waals surface area contributed by atoms with Gasteiger partial charge in [0, 0.05) is 28.7 Å². The Labute approximate surface area is 123 Å². The second-order valence-electron chi connectivity index (χ2n) is 4.92. The minimum absolute atomic E-state index is 0.695. The molecule has 3 N–H and O–H groups in total. The third kappa shape index (κ3) is 2.65. The van der Waals surface area contributed by atoms with E-state index in [4.69, 9.17) is 5.73 Å². The highest BCUT2D eigenvalue weighted by molar-refractivity contribution is 5.97. The van der Waals surface area contributed by atoms with Gasteiger partial charge in [-0.05, 0) is 29.8 Å². The van der Waals surface area contributed by atoms with Crippen molar-refractivity contribution in [2.75, 3.05) is 11.1 Å². The Hall–Kier alpha value is -2.99. The van der Waals surface area contributed by atoms with E-state index in [1.165, 1.54) is 0 Å². The van der Waals surface area contributed by atoms with Crippen LogP contribution in [0.5, 0.6) is 0 Å². The van der Waals surface area contributed by atoms with Gasteiger partial charge in [0.25, 0.3) is 0 Å². The Kier molecular flexibility index (Phi) is 3.44. The van der Waals surface area contributed by atoms with Crippen molar-refractivity contribution >= 4 is 22.1 Å². The maximum absolute atomic E-state index is 9.18. The summed E-state index contributed by atoms with van der Waals surface area (Å²) in [6.07, 6.45) is 0. The van der Waals surface area contributed by atoms with Crippen molar-refractivity contribution in [2.24, 2.45) is 0 Å². The fourth-order valence-corrected chi connectivity index (χ4v) is 2.45. The van der Waals surface area contributed by atoms with Crippen LogP contribution in [0.15, 0.2) is 60.7 Å². The van der Waals surface area contributed by atoms with Crippen LogP contribution in [0.25, 0.3) is 10.8 Å². The van der Waals surface area contributed by atoms with Crippen LogP contribution in [0.1, 0.15) is 11.1 Å². The van der Waals surface area contributed by atoms with Crippen LogP contribution in [-0.4, -0.2) is 0 Å². The molecule has 0 aliphatic heterocycles. The minimum atomic E-state index is 0.695. The second-order valence-corrected chi connectivity index (χ2v) is 4.92. The molecule has 3 aromatic carbocycles. The Morgan fingerprint density at radius 3 is 2.52 bits per heavy atom. The van der Waals surface area contributed by atoms with Gasteiger partial charge in [0.1, 0.15) is 0 Å². The molecule has 102 valence electrons. The molecule has 3 rings (SSSR count). The standard InChI is InChI=1S/C18H15N3/c19-11-14-8-9-18(17-7-2-1-6-16(14)17)21-12-13-4-3-5-15(20)10-13/h1-10,21H,12,20H2. The van der Waals surface area contributed by atoms with E-state index in [1.54, 1.807) is 0 Å². The van der Waals surface area contributed by atoms with Crippen molar-refractivity contribution in [2.45, 2.75) is 6.54 Å². The maximum atomic E-state index is 9.18. The summed E-state index contributed by atoms with van der Waals surface area (Å²) in [5, 5.41) is 14.6. The number of nitriles is 1. The van der Waals surface area contributed by atoms with E-state index in [0.29, 0.717) is 12.1 Å². The average molecular weight is 273 g/mol. The third-order valence-electron chi connectivity index (χ3n) is 3.48. The molecule has 3 nitrogen and oxygen atoms in total. The quantitative estimate of drug-likeness (QED) is 0.711. The molecule has 0 aliphatic rings. The van der Waals surface area contributed by atoms with Gasteiger partial charge in [-0.25, -0.2) is 0 Å². The van der Waals surface area contributed by atoms with E-state index in [-0.39, 0.29) is 0 Å². The molecular formula is C18H15N3. The topological polar surface area (TPSA) is 61.8 Å². The first-order valence-electron chi connectivity index (χ1n) is 6.78. The maximum Gasteiger partial charge on any atom is 0.0998 e. The number of fused-ring (bicyclic) bond motifs is 1. The molecule has 21 heavy (non-hydrogen) atoms. The highest BCUT2D eigenvalue weighted by atomic mass is 14.9. The third-order valence-corrected chi connectivity index (χ3v) is 3.48. The first-order valence-corrected chi connectivity index (χ1v) is 6.78. The lowest BCUT2D eigenvalue weighted by atomic mass is 10.0. The molecule has 0 radical (unpaired) electrons. The van der Waals surface area contributed by atoms with Crippen LogP contribution in [-0.2, 0) is 6.54 Å². The van der Waals surface area contributed by atoms with Gasteiger partial charge in [-0.3, -0.25) is 0 Å². The number of nitrogens with one attached hydrogen (secondary N) is 1. The van der Waals surface area contributed by atoms with Crippen LogP contribution in [0.4, 0.5) is 11.4 Å². The molecule has 0 atom stereocenters. The largest absolute Gasteiger partial charge is 0.399 e. The smallest absolute Gasteiger partial charge is 0.0998 e. The van der Waals surface area contributed by atoms with Gasteiger partial charge in [0.15, 0.2) is 0 Å². The van der Waals surface area contributed by atoms with Gasteiger partial charge in [-0.1, -0.05) is 36.4 Å². The lowest BCUT2D eigenvalue weighted by Gasteiger charge is -2.11. The average Bonchev–Trinajstić information content (AvgIpc) is 2.52. The number of anilines is 2. The predicted octanol–water partition coefficient (Wildman–Crippen LogP) is 3.91. The van der Waals surface area contributed by atoms with Crippen LogP contribution >= 0.6 is 0 Å². The lowest BCUT2D eigenvalue weighted by molar-refractivity contribution is 1.16. The minimum Gasteiger partial charge on any atom is -0.399 e. The zero-order valence-electron chi connectivity index (χ0n) is 11.5. The van der Waals surface area contributed by atoms with Gasteiger partial charge >= 0.3 is 0 Å². The first kappa shape index (κ1) is 13.0. The molecule has 0 aliphatic carbocycles. The summed E-state index contributed by atoms with van der Waals surface area (Å²) in [7, 11) is 0. The summed E-state index contributed by atoms with van der Waals surface area (Å²) < 4.78 is 0. The SMILES string of the molecule is N#Cc1ccc(NCc2cccc(N)c2)c2ccccc12. The Balaban J connectivity index is 1.93. The fraction of sp³-hybridized carbons (Fsp3) is 0.0556. The van der Waals surface area contributed by atoms with Crippen LogP contribution in [0.2, 0.25) is 0 Å². The van der Waals surface area contributed by atoms with Gasteiger partial charge in [0.2, 0.25) is 0 Å².